The monoisotopic (exact) mass is 296 g/mol. The van der Waals surface area contributed by atoms with Gasteiger partial charge in [0.05, 0.1) is 17.1 Å². The highest BCUT2D eigenvalue weighted by atomic mass is 32.2. The molecular weight excluding hydrogens is 280 g/mol. The van der Waals surface area contributed by atoms with Crippen molar-refractivity contribution < 1.29 is 13.5 Å². The fraction of sp³-hybridized carbons (Fsp3) is 0.429. The predicted octanol–water partition coefficient (Wildman–Crippen LogP) is 2.90. The van der Waals surface area contributed by atoms with Crippen molar-refractivity contribution in [2.24, 2.45) is 0 Å². The molecule has 0 aliphatic carbocycles. The van der Waals surface area contributed by atoms with Gasteiger partial charge in [0, 0.05) is 10.3 Å². The summed E-state index contributed by atoms with van der Waals surface area (Å²) in [7, 11) is -3.16. The standard InChI is InChI=1S/C14H16O3S2/c15-14(13-7-3-4-8-19(13,16)17)11-9-18-12-6-2-1-5-10(11)12/h1-2,5-6,9,13-15H,3-4,7-8H2. The summed E-state index contributed by atoms with van der Waals surface area (Å²) in [5, 5.41) is 12.7. The Hall–Kier alpha value is -0.910. The van der Waals surface area contributed by atoms with Crippen molar-refractivity contribution in [3.63, 3.8) is 0 Å². The van der Waals surface area contributed by atoms with E-state index in [1.54, 1.807) is 11.3 Å². The first kappa shape index (κ1) is 13.1. The second kappa shape index (κ2) is 4.89. The molecule has 1 fully saturated rings. The van der Waals surface area contributed by atoms with Gasteiger partial charge in [-0.15, -0.1) is 11.3 Å². The van der Waals surface area contributed by atoms with Crippen LogP contribution in [0.25, 0.3) is 10.1 Å². The third-order valence-electron chi connectivity index (χ3n) is 3.81. The average Bonchev–Trinajstić information content (AvgIpc) is 2.81. The van der Waals surface area contributed by atoms with Crippen molar-refractivity contribution in [2.75, 3.05) is 5.75 Å². The average molecular weight is 296 g/mol. The number of rotatable bonds is 2. The van der Waals surface area contributed by atoms with Gasteiger partial charge >= 0.3 is 0 Å². The molecule has 5 heteroatoms. The van der Waals surface area contributed by atoms with E-state index in [4.69, 9.17) is 0 Å². The highest BCUT2D eigenvalue weighted by Gasteiger charge is 2.36. The normalized spacial score (nSPS) is 24.4. The minimum absolute atomic E-state index is 0.205. The van der Waals surface area contributed by atoms with Crippen molar-refractivity contribution in [3.8, 4) is 0 Å². The molecule has 19 heavy (non-hydrogen) atoms. The zero-order chi connectivity index (χ0) is 13.5. The van der Waals surface area contributed by atoms with Crippen LogP contribution in [0.3, 0.4) is 0 Å². The van der Waals surface area contributed by atoms with Crippen LogP contribution < -0.4 is 0 Å². The van der Waals surface area contributed by atoms with Gasteiger partial charge < -0.3 is 5.11 Å². The van der Waals surface area contributed by atoms with Crippen LogP contribution in [0.1, 0.15) is 30.9 Å². The lowest BCUT2D eigenvalue weighted by Crippen LogP contribution is -2.33. The van der Waals surface area contributed by atoms with Crippen molar-refractivity contribution >= 4 is 31.3 Å². The van der Waals surface area contributed by atoms with E-state index in [1.807, 2.05) is 29.6 Å². The van der Waals surface area contributed by atoms with E-state index < -0.39 is 21.2 Å². The third-order valence-corrected chi connectivity index (χ3v) is 7.07. The molecule has 0 bridgehead atoms. The van der Waals surface area contributed by atoms with Crippen molar-refractivity contribution in [1.29, 1.82) is 0 Å². The van der Waals surface area contributed by atoms with Crippen LogP contribution in [-0.4, -0.2) is 24.5 Å². The molecule has 3 rings (SSSR count). The molecule has 2 heterocycles. The Balaban J connectivity index is 2.01. The zero-order valence-corrected chi connectivity index (χ0v) is 12.1. The van der Waals surface area contributed by atoms with E-state index in [9.17, 15) is 13.5 Å². The van der Waals surface area contributed by atoms with E-state index >= 15 is 0 Å². The summed E-state index contributed by atoms with van der Waals surface area (Å²) in [6.07, 6.45) is 1.26. The van der Waals surface area contributed by atoms with Gasteiger partial charge in [-0.25, -0.2) is 8.42 Å². The predicted molar refractivity (Wildman–Crippen MR) is 78.2 cm³/mol. The Labute approximate surface area is 116 Å². The van der Waals surface area contributed by atoms with Gasteiger partial charge in [-0.2, -0.15) is 0 Å². The van der Waals surface area contributed by atoms with Gasteiger partial charge in [-0.3, -0.25) is 0 Å². The molecule has 3 nitrogen and oxygen atoms in total. The lowest BCUT2D eigenvalue weighted by Gasteiger charge is -2.26. The van der Waals surface area contributed by atoms with Crippen LogP contribution >= 0.6 is 11.3 Å². The SMILES string of the molecule is O=S1(=O)CCCCC1C(O)c1csc2ccccc12. The molecule has 1 aromatic carbocycles. The molecule has 0 amide bonds. The number of aliphatic hydroxyl groups excluding tert-OH is 1. The van der Waals surface area contributed by atoms with Gasteiger partial charge in [-0.1, -0.05) is 24.6 Å². The lowest BCUT2D eigenvalue weighted by atomic mass is 10.0. The molecule has 0 spiro atoms. The van der Waals surface area contributed by atoms with E-state index in [0.29, 0.717) is 6.42 Å². The van der Waals surface area contributed by atoms with Crippen LogP contribution in [0.4, 0.5) is 0 Å². The molecule has 1 N–H and O–H groups in total. The fourth-order valence-electron chi connectivity index (χ4n) is 2.76. The number of aliphatic hydroxyl groups is 1. The molecule has 1 aliphatic rings. The van der Waals surface area contributed by atoms with Gasteiger partial charge in [0.2, 0.25) is 0 Å². The molecule has 2 atom stereocenters. The second-order valence-electron chi connectivity index (χ2n) is 5.03. The molecule has 1 aromatic heterocycles. The minimum Gasteiger partial charge on any atom is -0.387 e. The summed E-state index contributed by atoms with van der Waals surface area (Å²) >= 11 is 1.55. The van der Waals surface area contributed by atoms with Gasteiger partial charge in [0.15, 0.2) is 9.84 Å². The first-order valence-corrected chi connectivity index (χ1v) is 9.05. The number of hydrogen-bond donors (Lipinski definition) is 1. The summed E-state index contributed by atoms with van der Waals surface area (Å²) in [4.78, 5) is 0. The molecule has 0 radical (unpaired) electrons. The van der Waals surface area contributed by atoms with E-state index in [-0.39, 0.29) is 5.75 Å². The molecule has 1 saturated heterocycles. The van der Waals surface area contributed by atoms with E-state index in [0.717, 1.165) is 28.5 Å². The lowest BCUT2D eigenvalue weighted by molar-refractivity contribution is 0.166. The first-order valence-electron chi connectivity index (χ1n) is 6.45. The number of hydrogen-bond acceptors (Lipinski definition) is 4. The molecular formula is C14H16O3S2. The highest BCUT2D eigenvalue weighted by molar-refractivity contribution is 7.92. The quantitative estimate of drug-likeness (QED) is 0.927. The van der Waals surface area contributed by atoms with Crippen LogP contribution in [0.15, 0.2) is 29.6 Å². The van der Waals surface area contributed by atoms with Crippen LogP contribution in [0, 0.1) is 0 Å². The maximum absolute atomic E-state index is 12.1. The Morgan fingerprint density at radius 1 is 1.26 bits per heavy atom. The van der Waals surface area contributed by atoms with Crippen LogP contribution in [-0.2, 0) is 9.84 Å². The smallest absolute Gasteiger partial charge is 0.156 e. The summed E-state index contributed by atoms with van der Waals surface area (Å²) < 4.78 is 25.3. The van der Waals surface area contributed by atoms with Gasteiger partial charge in [-0.05, 0) is 29.7 Å². The topological polar surface area (TPSA) is 54.4 Å². The molecule has 0 saturated carbocycles. The number of sulfone groups is 1. The minimum atomic E-state index is -3.16. The third kappa shape index (κ3) is 2.30. The maximum atomic E-state index is 12.1. The first-order chi connectivity index (χ1) is 9.09. The number of thiophene rings is 1. The largest absolute Gasteiger partial charge is 0.387 e. The van der Waals surface area contributed by atoms with Crippen LogP contribution in [0.5, 0.6) is 0 Å². The Morgan fingerprint density at radius 3 is 2.84 bits per heavy atom. The Morgan fingerprint density at radius 2 is 2.05 bits per heavy atom. The number of benzene rings is 1. The summed E-state index contributed by atoms with van der Waals surface area (Å²) in [6, 6.07) is 7.80. The van der Waals surface area contributed by atoms with Gasteiger partial charge in [0.1, 0.15) is 0 Å². The summed E-state index contributed by atoms with van der Waals surface area (Å²) in [5.74, 6) is 0.205. The summed E-state index contributed by atoms with van der Waals surface area (Å²) in [6.45, 7) is 0. The Bertz CT molecular complexity index is 688. The summed E-state index contributed by atoms with van der Waals surface area (Å²) in [5.41, 5.74) is 0.760. The van der Waals surface area contributed by atoms with Crippen molar-refractivity contribution in [1.82, 2.24) is 0 Å². The highest BCUT2D eigenvalue weighted by Crippen LogP contribution is 2.36. The van der Waals surface area contributed by atoms with Crippen LogP contribution in [0.2, 0.25) is 0 Å². The van der Waals surface area contributed by atoms with Gasteiger partial charge in [0.25, 0.3) is 0 Å². The Kier molecular flexibility index (Phi) is 3.37. The zero-order valence-electron chi connectivity index (χ0n) is 10.5. The van der Waals surface area contributed by atoms with Crippen molar-refractivity contribution in [2.45, 2.75) is 30.6 Å². The molecule has 2 unspecified atom stereocenters. The van der Waals surface area contributed by atoms with E-state index in [2.05, 4.69) is 0 Å². The molecule has 102 valence electrons. The van der Waals surface area contributed by atoms with E-state index in [1.165, 1.54) is 0 Å². The second-order valence-corrected chi connectivity index (χ2v) is 8.28. The number of fused-ring (bicyclic) bond motifs is 1. The molecule has 2 aromatic rings. The molecule has 1 aliphatic heterocycles. The maximum Gasteiger partial charge on any atom is 0.156 e. The van der Waals surface area contributed by atoms with Crippen molar-refractivity contribution in [3.05, 3.63) is 35.2 Å². The fourth-order valence-corrected chi connectivity index (χ4v) is 5.73.